The molecule has 0 aliphatic heterocycles. The van der Waals surface area contributed by atoms with Crippen LogP contribution in [0.1, 0.15) is 17.5 Å². The second-order valence-corrected chi connectivity index (χ2v) is 5.12. The summed E-state index contributed by atoms with van der Waals surface area (Å²) in [5.74, 6) is 0.270. The highest BCUT2D eigenvalue weighted by molar-refractivity contribution is 5.76. The van der Waals surface area contributed by atoms with Gasteiger partial charge < -0.3 is 15.7 Å². The van der Waals surface area contributed by atoms with Gasteiger partial charge in [0.15, 0.2) is 0 Å². The molecule has 3 N–H and O–H groups in total. The molecular formula is C17H20N2O2. The van der Waals surface area contributed by atoms with Gasteiger partial charge >= 0.3 is 0 Å². The van der Waals surface area contributed by atoms with Crippen LogP contribution >= 0.6 is 0 Å². The van der Waals surface area contributed by atoms with Gasteiger partial charge in [-0.15, -0.1) is 0 Å². The van der Waals surface area contributed by atoms with Crippen molar-refractivity contribution >= 4 is 11.6 Å². The minimum Gasteiger partial charge on any atom is -0.508 e. The lowest BCUT2D eigenvalue weighted by Gasteiger charge is -2.17. The van der Waals surface area contributed by atoms with Gasteiger partial charge in [0.05, 0.1) is 0 Å². The summed E-state index contributed by atoms with van der Waals surface area (Å²) in [6.07, 6.45) is 1.05. The standard InChI is InChI=1S/C17H20N2O2/c1-19(12-13-5-4-7-15(20)11-13)17(21)10-9-14-6-2-3-8-16(14)18/h2-8,11,20H,9-10,12,18H2,1H3. The Hall–Kier alpha value is -2.49. The van der Waals surface area contributed by atoms with Crippen LogP contribution in [0.4, 0.5) is 5.69 Å². The topological polar surface area (TPSA) is 66.6 Å². The maximum Gasteiger partial charge on any atom is 0.222 e. The van der Waals surface area contributed by atoms with E-state index in [0.29, 0.717) is 19.4 Å². The minimum absolute atomic E-state index is 0.0570. The van der Waals surface area contributed by atoms with E-state index < -0.39 is 0 Å². The molecule has 4 heteroatoms. The van der Waals surface area contributed by atoms with Gasteiger partial charge in [-0.3, -0.25) is 4.79 Å². The summed E-state index contributed by atoms with van der Waals surface area (Å²) in [6, 6.07) is 14.5. The summed E-state index contributed by atoms with van der Waals surface area (Å²) in [6.45, 7) is 0.484. The average Bonchev–Trinajstić information content (AvgIpc) is 2.46. The molecule has 0 aromatic heterocycles. The third-order valence-corrected chi connectivity index (χ3v) is 3.42. The number of anilines is 1. The molecule has 4 nitrogen and oxygen atoms in total. The normalized spacial score (nSPS) is 10.3. The van der Waals surface area contributed by atoms with Gasteiger partial charge in [-0.05, 0) is 35.7 Å². The molecule has 110 valence electrons. The zero-order chi connectivity index (χ0) is 15.2. The van der Waals surface area contributed by atoms with Crippen molar-refractivity contribution in [3.63, 3.8) is 0 Å². The first-order chi connectivity index (χ1) is 10.1. The van der Waals surface area contributed by atoms with E-state index in [9.17, 15) is 9.90 Å². The first kappa shape index (κ1) is 14.9. The van der Waals surface area contributed by atoms with Crippen molar-refractivity contribution in [2.24, 2.45) is 0 Å². The van der Waals surface area contributed by atoms with E-state index in [1.807, 2.05) is 30.3 Å². The summed E-state index contributed by atoms with van der Waals surface area (Å²) in [5, 5.41) is 9.43. The predicted octanol–water partition coefficient (Wildman–Crippen LogP) is 2.57. The van der Waals surface area contributed by atoms with Crippen LogP contribution < -0.4 is 5.73 Å². The highest BCUT2D eigenvalue weighted by Crippen LogP contribution is 2.15. The molecule has 0 saturated heterocycles. The van der Waals surface area contributed by atoms with Gasteiger partial charge in [0, 0.05) is 25.7 Å². The highest BCUT2D eigenvalue weighted by Gasteiger charge is 2.10. The van der Waals surface area contributed by atoms with E-state index in [0.717, 1.165) is 16.8 Å². The summed E-state index contributed by atoms with van der Waals surface area (Å²) in [5.41, 5.74) is 8.50. The fourth-order valence-electron chi connectivity index (χ4n) is 2.21. The van der Waals surface area contributed by atoms with Crippen molar-refractivity contribution in [3.8, 4) is 5.75 Å². The van der Waals surface area contributed by atoms with Crippen LogP contribution in [0, 0.1) is 0 Å². The number of nitrogens with zero attached hydrogens (tertiary/aromatic N) is 1. The Morgan fingerprint density at radius 1 is 1.19 bits per heavy atom. The van der Waals surface area contributed by atoms with Crippen molar-refractivity contribution < 1.29 is 9.90 Å². The molecule has 0 fully saturated rings. The molecule has 0 aliphatic rings. The van der Waals surface area contributed by atoms with E-state index in [4.69, 9.17) is 5.73 Å². The third kappa shape index (κ3) is 4.24. The maximum absolute atomic E-state index is 12.1. The molecule has 0 saturated carbocycles. The van der Waals surface area contributed by atoms with Crippen LogP contribution in [0.25, 0.3) is 0 Å². The molecule has 2 rings (SSSR count). The van der Waals surface area contributed by atoms with Gasteiger partial charge in [0.25, 0.3) is 0 Å². The number of nitrogens with two attached hydrogens (primary N) is 1. The molecule has 0 unspecified atom stereocenters. The lowest BCUT2D eigenvalue weighted by atomic mass is 10.1. The highest BCUT2D eigenvalue weighted by atomic mass is 16.3. The maximum atomic E-state index is 12.1. The minimum atomic E-state index is 0.0570. The molecular weight excluding hydrogens is 264 g/mol. The number of nitrogen functional groups attached to an aromatic ring is 1. The van der Waals surface area contributed by atoms with E-state index in [1.165, 1.54) is 0 Å². The lowest BCUT2D eigenvalue weighted by molar-refractivity contribution is -0.130. The molecule has 21 heavy (non-hydrogen) atoms. The van der Waals surface area contributed by atoms with Crippen LogP contribution in [-0.4, -0.2) is 23.0 Å². The van der Waals surface area contributed by atoms with Gasteiger partial charge in [0.1, 0.15) is 5.75 Å². The number of aromatic hydroxyl groups is 1. The monoisotopic (exact) mass is 284 g/mol. The summed E-state index contributed by atoms with van der Waals surface area (Å²) in [7, 11) is 1.76. The van der Waals surface area contributed by atoms with Crippen molar-refractivity contribution in [3.05, 3.63) is 59.7 Å². The Kier molecular flexibility index (Phi) is 4.82. The third-order valence-electron chi connectivity index (χ3n) is 3.42. The molecule has 0 heterocycles. The number of benzene rings is 2. The number of carbonyl (C=O) groups excluding carboxylic acids is 1. The Balaban J connectivity index is 1.90. The molecule has 1 amide bonds. The fourth-order valence-corrected chi connectivity index (χ4v) is 2.21. The van der Waals surface area contributed by atoms with Crippen LogP contribution in [-0.2, 0) is 17.8 Å². The van der Waals surface area contributed by atoms with Gasteiger partial charge in [-0.1, -0.05) is 30.3 Å². The first-order valence-corrected chi connectivity index (χ1v) is 6.91. The number of aryl methyl sites for hydroxylation is 1. The van der Waals surface area contributed by atoms with Crippen LogP contribution in [0.5, 0.6) is 5.75 Å². The van der Waals surface area contributed by atoms with Crippen molar-refractivity contribution in [1.82, 2.24) is 4.90 Å². The largest absolute Gasteiger partial charge is 0.508 e. The van der Waals surface area contributed by atoms with E-state index in [1.54, 1.807) is 30.1 Å². The number of phenols is 1. The molecule has 0 bridgehead atoms. The second-order valence-electron chi connectivity index (χ2n) is 5.12. The molecule has 2 aromatic carbocycles. The number of rotatable bonds is 5. The van der Waals surface area contributed by atoms with Crippen molar-refractivity contribution in [1.29, 1.82) is 0 Å². The molecule has 0 radical (unpaired) electrons. The number of hydrogen-bond acceptors (Lipinski definition) is 3. The van der Waals surface area contributed by atoms with Crippen molar-refractivity contribution in [2.45, 2.75) is 19.4 Å². The average molecular weight is 284 g/mol. The van der Waals surface area contributed by atoms with E-state index in [-0.39, 0.29) is 11.7 Å². The first-order valence-electron chi connectivity index (χ1n) is 6.91. The Morgan fingerprint density at radius 2 is 1.95 bits per heavy atom. The van der Waals surface area contributed by atoms with Crippen LogP contribution in [0.3, 0.4) is 0 Å². The van der Waals surface area contributed by atoms with Crippen molar-refractivity contribution in [2.75, 3.05) is 12.8 Å². The number of amides is 1. The van der Waals surface area contributed by atoms with E-state index in [2.05, 4.69) is 0 Å². The van der Waals surface area contributed by atoms with Gasteiger partial charge in [0.2, 0.25) is 5.91 Å². The van der Waals surface area contributed by atoms with Gasteiger partial charge in [-0.25, -0.2) is 0 Å². The predicted molar refractivity (Wildman–Crippen MR) is 83.8 cm³/mol. The van der Waals surface area contributed by atoms with E-state index >= 15 is 0 Å². The SMILES string of the molecule is CN(Cc1cccc(O)c1)C(=O)CCc1ccccc1N. The zero-order valence-electron chi connectivity index (χ0n) is 12.1. The van der Waals surface area contributed by atoms with Crippen LogP contribution in [0.2, 0.25) is 0 Å². The Morgan fingerprint density at radius 3 is 2.67 bits per heavy atom. The van der Waals surface area contributed by atoms with Gasteiger partial charge in [-0.2, -0.15) is 0 Å². The second kappa shape index (κ2) is 6.79. The fraction of sp³-hybridized carbons (Fsp3) is 0.235. The summed E-state index contributed by atoms with van der Waals surface area (Å²) in [4.78, 5) is 13.8. The summed E-state index contributed by atoms with van der Waals surface area (Å²) < 4.78 is 0. The summed E-state index contributed by atoms with van der Waals surface area (Å²) >= 11 is 0. The number of phenolic OH excluding ortho intramolecular Hbond substituents is 1. The smallest absolute Gasteiger partial charge is 0.222 e. The quantitative estimate of drug-likeness (QED) is 0.829. The molecule has 0 spiro atoms. The number of carbonyl (C=O) groups is 1. The Bertz CT molecular complexity index is 626. The molecule has 0 aliphatic carbocycles. The molecule has 0 atom stereocenters. The number of hydrogen-bond donors (Lipinski definition) is 2. The molecule has 2 aromatic rings. The van der Waals surface area contributed by atoms with Crippen LogP contribution in [0.15, 0.2) is 48.5 Å². The lowest BCUT2D eigenvalue weighted by Crippen LogP contribution is -2.26. The Labute approximate surface area is 124 Å². The zero-order valence-corrected chi connectivity index (χ0v) is 12.1. The number of para-hydroxylation sites is 1.